The largest absolute Gasteiger partial charge is 0.355 e. The molecule has 5 rings (SSSR count). The van der Waals surface area contributed by atoms with Crippen LogP contribution < -0.4 is 10.2 Å². The normalized spacial score (nSPS) is 16.5. The van der Waals surface area contributed by atoms with E-state index in [4.69, 9.17) is 4.98 Å². The van der Waals surface area contributed by atoms with Crippen LogP contribution >= 0.6 is 0 Å². The van der Waals surface area contributed by atoms with Gasteiger partial charge in [0, 0.05) is 67.0 Å². The molecule has 0 spiro atoms. The van der Waals surface area contributed by atoms with E-state index in [0.717, 1.165) is 53.0 Å². The summed E-state index contributed by atoms with van der Waals surface area (Å²) in [4.78, 5) is 19.3. The Hall–Kier alpha value is -4.45. The zero-order chi connectivity index (χ0) is 25.2. The van der Waals surface area contributed by atoms with Crippen molar-refractivity contribution in [1.29, 1.82) is 5.26 Å². The maximum absolute atomic E-state index is 12.3. The van der Waals surface area contributed by atoms with Crippen molar-refractivity contribution < 1.29 is 4.79 Å². The predicted octanol–water partition coefficient (Wildman–Crippen LogP) is 3.58. The highest BCUT2D eigenvalue weighted by Crippen LogP contribution is 2.32. The molecule has 4 aromatic rings. The Morgan fingerprint density at radius 1 is 1.22 bits per heavy atom. The molecule has 0 radical (unpaired) electrons. The van der Waals surface area contributed by atoms with Crippen molar-refractivity contribution >= 4 is 17.2 Å². The average molecular weight is 481 g/mol. The Balaban J connectivity index is 1.44. The number of fused-ring (bicyclic) bond motifs is 1. The van der Waals surface area contributed by atoms with Gasteiger partial charge in [0.2, 0.25) is 5.91 Å². The summed E-state index contributed by atoms with van der Waals surface area (Å²) in [5.74, 6) is 0.661. The standard InChI is InChI=1S/C27H28N8O/c1-4-18(2)27(36)32-23-6-5-9-34(17-23)25-8-7-19(12-29-25)24-10-20(22-14-30-33(3)15-22)16-35-26(24)21(11-28)13-31-35/h4,7-8,10,12-16,18,23H,1,5-6,9,17H2,2-3H3,(H,32,36). The molecule has 1 amide bonds. The Morgan fingerprint density at radius 3 is 2.78 bits per heavy atom. The van der Waals surface area contributed by atoms with Crippen LogP contribution in [0, 0.1) is 17.2 Å². The number of nitrogens with one attached hydrogen (secondary N) is 1. The van der Waals surface area contributed by atoms with Gasteiger partial charge in [-0.3, -0.25) is 9.48 Å². The topological polar surface area (TPSA) is 104 Å². The van der Waals surface area contributed by atoms with Crippen LogP contribution in [0.2, 0.25) is 0 Å². The number of hydrogen-bond acceptors (Lipinski definition) is 6. The number of piperidine rings is 1. The highest BCUT2D eigenvalue weighted by atomic mass is 16.1. The van der Waals surface area contributed by atoms with Crippen molar-refractivity contribution in [2.24, 2.45) is 13.0 Å². The number of aromatic nitrogens is 5. The number of carbonyl (C=O) groups is 1. The molecule has 2 atom stereocenters. The predicted molar refractivity (Wildman–Crippen MR) is 138 cm³/mol. The number of nitrogens with zero attached hydrogens (tertiary/aromatic N) is 7. The lowest BCUT2D eigenvalue weighted by molar-refractivity contribution is -0.123. The van der Waals surface area contributed by atoms with Gasteiger partial charge in [-0.1, -0.05) is 13.0 Å². The van der Waals surface area contributed by atoms with E-state index < -0.39 is 0 Å². The summed E-state index contributed by atoms with van der Waals surface area (Å²) in [5.41, 5.74) is 4.95. The number of amides is 1. The molecule has 0 bridgehead atoms. The minimum atomic E-state index is -0.209. The summed E-state index contributed by atoms with van der Waals surface area (Å²) in [5, 5.41) is 21.5. The molecule has 0 saturated carbocycles. The van der Waals surface area contributed by atoms with Gasteiger partial charge in [0.05, 0.1) is 29.4 Å². The van der Waals surface area contributed by atoms with E-state index in [-0.39, 0.29) is 17.9 Å². The first kappa shape index (κ1) is 23.3. The van der Waals surface area contributed by atoms with E-state index in [2.05, 4.69) is 39.1 Å². The first-order valence-corrected chi connectivity index (χ1v) is 12.0. The molecule has 0 aromatic carbocycles. The Labute approximate surface area is 209 Å². The van der Waals surface area contributed by atoms with Crippen molar-refractivity contribution in [3.8, 4) is 28.3 Å². The van der Waals surface area contributed by atoms with E-state index >= 15 is 0 Å². The molecule has 1 aliphatic heterocycles. The maximum Gasteiger partial charge on any atom is 0.226 e. The Kier molecular flexibility index (Phi) is 6.25. The summed E-state index contributed by atoms with van der Waals surface area (Å²) >= 11 is 0. The first-order valence-electron chi connectivity index (χ1n) is 12.0. The van der Waals surface area contributed by atoms with Crippen LogP contribution in [0.5, 0.6) is 0 Å². The van der Waals surface area contributed by atoms with Crippen LogP contribution in [0.1, 0.15) is 25.3 Å². The maximum atomic E-state index is 12.3. The lowest BCUT2D eigenvalue weighted by Gasteiger charge is -2.34. The zero-order valence-corrected chi connectivity index (χ0v) is 20.4. The van der Waals surface area contributed by atoms with Crippen LogP contribution in [0.3, 0.4) is 0 Å². The summed E-state index contributed by atoms with van der Waals surface area (Å²) < 4.78 is 3.50. The van der Waals surface area contributed by atoms with Gasteiger partial charge in [-0.2, -0.15) is 15.5 Å². The van der Waals surface area contributed by atoms with Crippen LogP contribution in [-0.2, 0) is 11.8 Å². The highest BCUT2D eigenvalue weighted by molar-refractivity contribution is 5.87. The fraction of sp³-hybridized carbons (Fsp3) is 0.296. The second kappa shape index (κ2) is 9.66. The number of aryl methyl sites for hydroxylation is 1. The van der Waals surface area contributed by atoms with Gasteiger partial charge in [0.15, 0.2) is 0 Å². The van der Waals surface area contributed by atoms with Crippen molar-refractivity contribution in [3.05, 3.63) is 67.4 Å². The molecule has 2 unspecified atom stereocenters. The number of pyridine rings is 2. The van der Waals surface area contributed by atoms with Crippen LogP contribution in [0.4, 0.5) is 5.82 Å². The fourth-order valence-electron chi connectivity index (χ4n) is 4.63. The van der Waals surface area contributed by atoms with Crippen LogP contribution in [0.25, 0.3) is 27.8 Å². The van der Waals surface area contributed by atoms with E-state index in [1.807, 2.05) is 50.9 Å². The molecule has 9 heteroatoms. The Morgan fingerprint density at radius 2 is 2.08 bits per heavy atom. The SMILES string of the molecule is C=CC(C)C(=O)NC1CCCN(c2ccc(-c3cc(-c4cnn(C)c4)cn4ncc(C#N)c34)cn2)C1. The summed E-state index contributed by atoms with van der Waals surface area (Å²) in [6.07, 6.45) is 12.7. The molecule has 1 fully saturated rings. The minimum Gasteiger partial charge on any atom is -0.355 e. The van der Waals surface area contributed by atoms with Gasteiger partial charge in [-0.15, -0.1) is 6.58 Å². The van der Waals surface area contributed by atoms with E-state index in [1.54, 1.807) is 21.5 Å². The van der Waals surface area contributed by atoms with Crippen LogP contribution in [-0.4, -0.2) is 49.4 Å². The number of hydrogen-bond donors (Lipinski definition) is 1. The number of carbonyl (C=O) groups excluding carboxylic acids is 1. The summed E-state index contributed by atoms with van der Waals surface area (Å²) in [7, 11) is 1.88. The molecule has 0 aliphatic carbocycles. The van der Waals surface area contributed by atoms with Crippen molar-refractivity contribution in [2.45, 2.75) is 25.8 Å². The zero-order valence-electron chi connectivity index (χ0n) is 20.4. The van der Waals surface area contributed by atoms with Gasteiger partial charge < -0.3 is 10.2 Å². The molecule has 182 valence electrons. The molecular formula is C27H28N8O. The molecule has 4 aromatic heterocycles. The van der Waals surface area contributed by atoms with Crippen LogP contribution in [0.15, 0.2) is 61.8 Å². The third-order valence-electron chi connectivity index (χ3n) is 6.69. The lowest BCUT2D eigenvalue weighted by atomic mass is 10.0. The third-order valence-corrected chi connectivity index (χ3v) is 6.69. The van der Waals surface area contributed by atoms with E-state index in [9.17, 15) is 10.1 Å². The van der Waals surface area contributed by atoms with Crippen molar-refractivity contribution in [1.82, 2.24) is 29.7 Å². The average Bonchev–Trinajstić information content (AvgIpc) is 3.53. The number of rotatable bonds is 6. The monoisotopic (exact) mass is 480 g/mol. The van der Waals surface area contributed by atoms with E-state index in [0.29, 0.717) is 12.1 Å². The molecule has 9 nitrogen and oxygen atoms in total. The van der Waals surface area contributed by atoms with Gasteiger partial charge in [0.25, 0.3) is 0 Å². The third kappa shape index (κ3) is 4.45. The molecule has 1 aliphatic rings. The van der Waals surface area contributed by atoms with Gasteiger partial charge in [-0.05, 0) is 31.0 Å². The van der Waals surface area contributed by atoms with Crippen molar-refractivity contribution in [2.75, 3.05) is 18.0 Å². The molecular weight excluding hydrogens is 452 g/mol. The highest BCUT2D eigenvalue weighted by Gasteiger charge is 2.24. The van der Waals surface area contributed by atoms with E-state index in [1.165, 1.54) is 0 Å². The molecule has 1 saturated heterocycles. The van der Waals surface area contributed by atoms with Gasteiger partial charge in [-0.25, -0.2) is 9.50 Å². The molecule has 1 N–H and O–H groups in total. The van der Waals surface area contributed by atoms with Gasteiger partial charge in [0.1, 0.15) is 11.9 Å². The lowest BCUT2D eigenvalue weighted by Crippen LogP contribution is -2.49. The minimum absolute atomic E-state index is 0.00627. The number of anilines is 1. The van der Waals surface area contributed by atoms with Crippen molar-refractivity contribution in [3.63, 3.8) is 0 Å². The quantitative estimate of drug-likeness (QED) is 0.423. The second-order valence-corrected chi connectivity index (χ2v) is 9.23. The molecule has 5 heterocycles. The first-order chi connectivity index (χ1) is 17.5. The second-order valence-electron chi connectivity index (χ2n) is 9.23. The Bertz CT molecular complexity index is 1460. The smallest absolute Gasteiger partial charge is 0.226 e. The number of nitriles is 1. The molecule has 36 heavy (non-hydrogen) atoms. The van der Waals surface area contributed by atoms with Gasteiger partial charge >= 0.3 is 0 Å². The fourth-order valence-corrected chi connectivity index (χ4v) is 4.63. The summed E-state index contributed by atoms with van der Waals surface area (Å²) in [6, 6.07) is 8.41. The summed E-state index contributed by atoms with van der Waals surface area (Å²) in [6.45, 7) is 7.16.